The van der Waals surface area contributed by atoms with Gasteiger partial charge >= 0.3 is 0 Å². The summed E-state index contributed by atoms with van der Waals surface area (Å²) in [7, 11) is -2.38. The number of rotatable bonds is 4. The van der Waals surface area contributed by atoms with Crippen LogP contribution >= 0.6 is 0 Å². The van der Waals surface area contributed by atoms with E-state index in [0.29, 0.717) is 17.0 Å². The van der Waals surface area contributed by atoms with Crippen LogP contribution < -0.4 is 9.46 Å². The minimum atomic E-state index is -3.88. The number of fused-ring (bicyclic) bond motifs is 1. The second-order valence-corrected chi connectivity index (χ2v) is 6.95. The van der Waals surface area contributed by atoms with Gasteiger partial charge in [0, 0.05) is 17.6 Å². The van der Waals surface area contributed by atoms with E-state index in [1.165, 1.54) is 26.2 Å². The van der Waals surface area contributed by atoms with Gasteiger partial charge in [-0.05, 0) is 42.8 Å². The highest BCUT2D eigenvalue weighted by Gasteiger charge is 2.18. The Bertz CT molecular complexity index is 1020. The average Bonchev–Trinajstić information content (AvgIpc) is 2.56. The first-order valence-corrected chi connectivity index (χ1v) is 8.61. The van der Waals surface area contributed by atoms with Gasteiger partial charge in [0.05, 0.1) is 23.2 Å². The molecule has 0 unspecified atom stereocenters. The van der Waals surface area contributed by atoms with Crippen molar-refractivity contribution in [3.05, 3.63) is 60.0 Å². The van der Waals surface area contributed by atoms with E-state index in [4.69, 9.17) is 4.74 Å². The van der Waals surface area contributed by atoms with Crippen LogP contribution in [0.2, 0.25) is 0 Å². The smallest absolute Gasteiger partial charge is 0.261 e. The van der Waals surface area contributed by atoms with Crippen LogP contribution in [0, 0.1) is 12.7 Å². The fourth-order valence-electron chi connectivity index (χ4n) is 2.35. The van der Waals surface area contributed by atoms with Crippen LogP contribution in [0.15, 0.2) is 53.6 Å². The number of hydrogen-bond donors (Lipinski definition) is 1. The fourth-order valence-corrected chi connectivity index (χ4v) is 3.49. The van der Waals surface area contributed by atoms with Gasteiger partial charge in [0.2, 0.25) is 0 Å². The number of pyridine rings is 1. The van der Waals surface area contributed by atoms with Crippen molar-refractivity contribution in [2.45, 2.75) is 11.8 Å². The molecular formula is C17H15FN2O3S. The van der Waals surface area contributed by atoms with Gasteiger partial charge in [0.15, 0.2) is 0 Å². The van der Waals surface area contributed by atoms with Crippen molar-refractivity contribution in [3.8, 4) is 5.75 Å². The quantitative estimate of drug-likeness (QED) is 0.785. The Morgan fingerprint density at radius 2 is 1.96 bits per heavy atom. The van der Waals surface area contributed by atoms with Gasteiger partial charge in [-0.3, -0.25) is 9.71 Å². The van der Waals surface area contributed by atoms with Crippen molar-refractivity contribution in [3.63, 3.8) is 0 Å². The van der Waals surface area contributed by atoms with Gasteiger partial charge in [-0.1, -0.05) is 6.07 Å². The van der Waals surface area contributed by atoms with E-state index in [1.807, 2.05) is 6.07 Å². The predicted molar refractivity (Wildman–Crippen MR) is 90.2 cm³/mol. The van der Waals surface area contributed by atoms with Crippen molar-refractivity contribution in [1.29, 1.82) is 0 Å². The molecule has 0 saturated carbocycles. The first-order chi connectivity index (χ1) is 11.4. The van der Waals surface area contributed by atoms with Crippen LogP contribution in [0.25, 0.3) is 10.9 Å². The van der Waals surface area contributed by atoms with E-state index in [2.05, 4.69) is 9.71 Å². The number of halogens is 1. The van der Waals surface area contributed by atoms with Crippen molar-refractivity contribution in [1.82, 2.24) is 4.98 Å². The monoisotopic (exact) mass is 346 g/mol. The molecule has 0 spiro atoms. The molecule has 1 heterocycles. The van der Waals surface area contributed by atoms with Gasteiger partial charge in [-0.15, -0.1) is 0 Å². The number of aryl methyl sites for hydroxylation is 1. The number of hydrogen-bond acceptors (Lipinski definition) is 4. The molecule has 1 N–H and O–H groups in total. The van der Waals surface area contributed by atoms with Crippen molar-refractivity contribution >= 4 is 26.6 Å². The molecule has 0 fully saturated rings. The third-order valence-electron chi connectivity index (χ3n) is 3.60. The zero-order valence-electron chi connectivity index (χ0n) is 13.1. The molecule has 0 aliphatic rings. The number of nitrogens with one attached hydrogen (secondary N) is 1. The van der Waals surface area contributed by atoms with Crippen LogP contribution in [0.5, 0.6) is 5.75 Å². The number of benzene rings is 2. The number of nitrogens with zero attached hydrogens (tertiary/aromatic N) is 1. The maximum atomic E-state index is 13.4. The Hall–Kier alpha value is -2.67. The number of aromatic nitrogens is 1. The third kappa shape index (κ3) is 3.03. The average molecular weight is 346 g/mol. The zero-order chi connectivity index (χ0) is 17.3. The number of anilines is 1. The van der Waals surface area contributed by atoms with Gasteiger partial charge in [0.25, 0.3) is 10.0 Å². The first kappa shape index (κ1) is 16.2. The van der Waals surface area contributed by atoms with Gasteiger partial charge < -0.3 is 4.74 Å². The van der Waals surface area contributed by atoms with E-state index < -0.39 is 15.8 Å². The van der Waals surface area contributed by atoms with Crippen molar-refractivity contribution in [2.24, 2.45) is 0 Å². The Morgan fingerprint density at radius 3 is 2.67 bits per heavy atom. The summed E-state index contributed by atoms with van der Waals surface area (Å²) in [5.41, 5.74) is 1.05. The number of sulfonamides is 1. The minimum absolute atomic E-state index is 0.0201. The molecule has 7 heteroatoms. The highest BCUT2D eigenvalue weighted by molar-refractivity contribution is 7.92. The molecule has 0 aliphatic heterocycles. The SMILES string of the molecule is COc1cc(NS(=O)(=O)c2ccc(F)c(C)c2)c2ncccc2c1. The highest BCUT2D eigenvalue weighted by atomic mass is 32.2. The zero-order valence-corrected chi connectivity index (χ0v) is 13.9. The van der Waals surface area contributed by atoms with E-state index in [1.54, 1.807) is 24.4 Å². The molecule has 0 bridgehead atoms. The molecule has 2 aromatic carbocycles. The largest absolute Gasteiger partial charge is 0.497 e. The molecule has 0 saturated heterocycles. The van der Waals surface area contributed by atoms with Crippen molar-refractivity contribution < 1.29 is 17.5 Å². The number of methoxy groups -OCH3 is 1. The van der Waals surface area contributed by atoms with E-state index in [-0.39, 0.29) is 10.5 Å². The Balaban J connectivity index is 2.09. The third-order valence-corrected chi connectivity index (χ3v) is 4.96. The number of ether oxygens (including phenoxy) is 1. The van der Waals surface area contributed by atoms with Crippen LogP contribution in [-0.4, -0.2) is 20.5 Å². The molecule has 3 rings (SSSR count). The topological polar surface area (TPSA) is 68.3 Å². The Labute approximate surface area is 139 Å². The molecule has 0 amide bonds. The second-order valence-electron chi connectivity index (χ2n) is 5.27. The van der Waals surface area contributed by atoms with Crippen LogP contribution in [0.3, 0.4) is 0 Å². The molecule has 24 heavy (non-hydrogen) atoms. The summed E-state index contributed by atoms with van der Waals surface area (Å²) in [6, 6.07) is 10.5. The van der Waals surface area contributed by atoms with E-state index in [9.17, 15) is 12.8 Å². The summed E-state index contributed by atoms with van der Waals surface area (Å²) in [5, 5.41) is 0.741. The predicted octanol–water partition coefficient (Wildman–Crippen LogP) is 3.49. The maximum Gasteiger partial charge on any atom is 0.261 e. The lowest BCUT2D eigenvalue weighted by atomic mass is 10.2. The first-order valence-electron chi connectivity index (χ1n) is 7.12. The standard InChI is InChI=1S/C17H15FN2O3S/c1-11-8-14(5-6-15(11)18)24(21,22)20-16-10-13(23-2)9-12-4-3-7-19-17(12)16/h3-10,20H,1-2H3. The lowest BCUT2D eigenvalue weighted by molar-refractivity contribution is 0.415. The maximum absolute atomic E-state index is 13.4. The van der Waals surface area contributed by atoms with E-state index in [0.717, 1.165) is 11.5 Å². The Morgan fingerprint density at radius 1 is 1.17 bits per heavy atom. The molecule has 124 valence electrons. The molecule has 0 radical (unpaired) electrons. The molecule has 0 atom stereocenters. The van der Waals surface area contributed by atoms with Gasteiger partial charge in [-0.25, -0.2) is 12.8 Å². The lowest BCUT2D eigenvalue weighted by Crippen LogP contribution is -2.14. The summed E-state index contributed by atoms with van der Waals surface area (Å²) in [6.07, 6.45) is 1.58. The normalized spacial score (nSPS) is 11.5. The fraction of sp³-hybridized carbons (Fsp3) is 0.118. The summed E-state index contributed by atoms with van der Waals surface area (Å²) in [6.45, 7) is 1.51. The minimum Gasteiger partial charge on any atom is -0.497 e. The van der Waals surface area contributed by atoms with Crippen LogP contribution in [0.4, 0.5) is 10.1 Å². The van der Waals surface area contributed by atoms with Crippen molar-refractivity contribution in [2.75, 3.05) is 11.8 Å². The van der Waals surface area contributed by atoms with Crippen LogP contribution in [-0.2, 0) is 10.0 Å². The van der Waals surface area contributed by atoms with Gasteiger partial charge in [0.1, 0.15) is 11.6 Å². The molecular weight excluding hydrogens is 331 g/mol. The Kier molecular flexibility index (Phi) is 4.11. The lowest BCUT2D eigenvalue weighted by Gasteiger charge is -2.12. The molecule has 1 aromatic heterocycles. The van der Waals surface area contributed by atoms with E-state index >= 15 is 0 Å². The molecule has 0 aliphatic carbocycles. The highest BCUT2D eigenvalue weighted by Crippen LogP contribution is 2.29. The molecule has 5 nitrogen and oxygen atoms in total. The summed E-state index contributed by atoms with van der Waals surface area (Å²) in [4.78, 5) is 4.20. The summed E-state index contributed by atoms with van der Waals surface area (Å²) in [5.74, 6) is 0.0472. The van der Waals surface area contributed by atoms with Crippen LogP contribution in [0.1, 0.15) is 5.56 Å². The second kappa shape index (κ2) is 6.09. The van der Waals surface area contributed by atoms with Gasteiger partial charge in [-0.2, -0.15) is 0 Å². The summed E-state index contributed by atoms with van der Waals surface area (Å²) < 4.78 is 46.3. The molecule has 3 aromatic rings. The summed E-state index contributed by atoms with van der Waals surface area (Å²) >= 11 is 0.